The zero-order valence-electron chi connectivity index (χ0n) is 10.1. The van der Waals surface area contributed by atoms with Crippen LogP contribution in [0, 0.1) is 5.82 Å². The summed E-state index contributed by atoms with van der Waals surface area (Å²) in [6.07, 6.45) is 0.787. The molecule has 1 N–H and O–H groups in total. The van der Waals surface area contributed by atoms with E-state index in [9.17, 15) is 9.18 Å². The Hall–Kier alpha value is -1.13. The van der Waals surface area contributed by atoms with Gasteiger partial charge >= 0.3 is 0 Å². The first-order valence-electron chi connectivity index (χ1n) is 5.88. The number of carbonyl (C=O) groups is 1. The van der Waals surface area contributed by atoms with Gasteiger partial charge in [0.1, 0.15) is 5.82 Å². The largest absolute Gasteiger partial charge is 0.380 e. The van der Waals surface area contributed by atoms with Crippen LogP contribution in [0.3, 0.4) is 0 Å². The molecule has 0 atom stereocenters. The first kappa shape index (κ1) is 14.9. The van der Waals surface area contributed by atoms with Crippen LogP contribution >= 0.6 is 11.6 Å². The Morgan fingerprint density at radius 1 is 1.33 bits per heavy atom. The van der Waals surface area contributed by atoms with Crippen molar-refractivity contribution in [2.45, 2.75) is 12.8 Å². The van der Waals surface area contributed by atoms with Crippen LogP contribution < -0.4 is 5.32 Å². The van der Waals surface area contributed by atoms with Gasteiger partial charge in [-0.2, -0.15) is 0 Å². The van der Waals surface area contributed by atoms with Gasteiger partial charge in [0.15, 0.2) is 0 Å². The molecule has 1 aromatic carbocycles. The van der Waals surface area contributed by atoms with Crippen molar-refractivity contribution in [3.8, 4) is 0 Å². The number of benzene rings is 1. The van der Waals surface area contributed by atoms with Gasteiger partial charge in [-0.15, -0.1) is 11.6 Å². The van der Waals surface area contributed by atoms with Gasteiger partial charge in [-0.25, -0.2) is 4.39 Å². The standard InChI is InChI=1S/C13H17ClFNO2/c14-6-9-18-8-3-7-16-13(17)10-11-4-1-2-5-12(11)15/h1-2,4-5H,3,6-10H2,(H,16,17). The Labute approximate surface area is 111 Å². The molecule has 0 heterocycles. The van der Waals surface area contributed by atoms with Gasteiger partial charge in [0.25, 0.3) is 0 Å². The number of nitrogens with one attached hydrogen (secondary N) is 1. The smallest absolute Gasteiger partial charge is 0.224 e. The van der Waals surface area contributed by atoms with Crippen LogP contribution in [0.2, 0.25) is 0 Å². The zero-order valence-corrected chi connectivity index (χ0v) is 10.9. The fraction of sp³-hybridized carbons (Fsp3) is 0.462. The molecule has 1 rings (SSSR count). The minimum Gasteiger partial charge on any atom is -0.380 e. The average molecular weight is 274 g/mol. The molecule has 3 nitrogen and oxygen atoms in total. The summed E-state index contributed by atoms with van der Waals surface area (Å²) in [6.45, 7) is 1.60. The second-order valence-electron chi connectivity index (χ2n) is 3.77. The van der Waals surface area contributed by atoms with Crippen molar-refractivity contribution in [1.82, 2.24) is 5.32 Å². The van der Waals surface area contributed by atoms with Gasteiger partial charge in [-0.3, -0.25) is 4.79 Å². The number of hydrogen-bond donors (Lipinski definition) is 1. The number of ether oxygens (including phenoxy) is 1. The lowest BCUT2D eigenvalue weighted by Gasteiger charge is -2.06. The fourth-order valence-electron chi connectivity index (χ4n) is 1.44. The van der Waals surface area contributed by atoms with Crippen LogP contribution in [0.5, 0.6) is 0 Å². The molecule has 0 bridgehead atoms. The van der Waals surface area contributed by atoms with E-state index >= 15 is 0 Å². The monoisotopic (exact) mass is 273 g/mol. The lowest BCUT2D eigenvalue weighted by atomic mass is 10.1. The first-order valence-corrected chi connectivity index (χ1v) is 6.41. The zero-order chi connectivity index (χ0) is 13.2. The summed E-state index contributed by atoms with van der Waals surface area (Å²) in [5.74, 6) is -0.0600. The maximum Gasteiger partial charge on any atom is 0.224 e. The van der Waals surface area contributed by atoms with E-state index in [1.165, 1.54) is 6.07 Å². The van der Waals surface area contributed by atoms with E-state index in [0.717, 1.165) is 6.42 Å². The highest BCUT2D eigenvalue weighted by molar-refractivity contribution is 6.17. The van der Waals surface area contributed by atoms with E-state index in [-0.39, 0.29) is 18.1 Å². The molecule has 0 aliphatic carbocycles. The molecule has 0 unspecified atom stereocenters. The number of hydrogen-bond acceptors (Lipinski definition) is 2. The number of carbonyl (C=O) groups excluding carboxylic acids is 1. The molecule has 0 aliphatic heterocycles. The van der Waals surface area contributed by atoms with E-state index in [4.69, 9.17) is 16.3 Å². The van der Waals surface area contributed by atoms with Gasteiger partial charge in [-0.1, -0.05) is 18.2 Å². The van der Waals surface area contributed by atoms with Gasteiger partial charge in [0.2, 0.25) is 5.91 Å². The van der Waals surface area contributed by atoms with Gasteiger partial charge in [-0.05, 0) is 18.1 Å². The topological polar surface area (TPSA) is 38.3 Å². The summed E-state index contributed by atoms with van der Waals surface area (Å²) in [6, 6.07) is 6.28. The van der Waals surface area contributed by atoms with Crippen LogP contribution in [0.1, 0.15) is 12.0 Å². The summed E-state index contributed by atoms with van der Waals surface area (Å²) in [4.78, 5) is 11.5. The van der Waals surface area contributed by atoms with E-state index in [0.29, 0.717) is 31.2 Å². The predicted octanol–water partition coefficient (Wildman–Crippen LogP) is 2.13. The normalized spacial score (nSPS) is 10.3. The molecule has 1 aromatic rings. The molecular weight excluding hydrogens is 257 g/mol. The Morgan fingerprint density at radius 2 is 2.11 bits per heavy atom. The third-order valence-electron chi connectivity index (χ3n) is 2.32. The van der Waals surface area contributed by atoms with Crippen molar-refractivity contribution in [2.75, 3.05) is 25.6 Å². The molecule has 18 heavy (non-hydrogen) atoms. The van der Waals surface area contributed by atoms with E-state index in [2.05, 4.69) is 5.32 Å². The highest BCUT2D eigenvalue weighted by atomic mass is 35.5. The van der Waals surface area contributed by atoms with Crippen molar-refractivity contribution in [2.24, 2.45) is 0 Å². The van der Waals surface area contributed by atoms with Crippen LogP contribution in [-0.4, -0.2) is 31.5 Å². The van der Waals surface area contributed by atoms with Gasteiger partial charge in [0, 0.05) is 19.0 Å². The van der Waals surface area contributed by atoms with E-state index in [1.807, 2.05) is 0 Å². The molecule has 0 spiro atoms. The summed E-state index contributed by atoms with van der Waals surface area (Å²) in [7, 11) is 0. The van der Waals surface area contributed by atoms with E-state index in [1.54, 1.807) is 18.2 Å². The first-order chi connectivity index (χ1) is 8.74. The Kier molecular flexibility index (Phi) is 7.37. The fourth-order valence-corrected chi connectivity index (χ4v) is 1.54. The molecule has 5 heteroatoms. The average Bonchev–Trinajstić information content (AvgIpc) is 2.36. The van der Waals surface area contributed by atoms with Crippen LogP contribution in [-0.2, 0) is 16.0 Å². The van der Waals surface area contributed by atoms with Crippen molar-refractivity contribution in [3.05, 3.63) is 35.6 Å². The Balaban J connectivity index is 2.16. The Bertz CT molecular complexity index is 374. The third kappa shape index (κ3) is 5.98. The molecular formula is C13H17ClFNO2. The maximum atomic E-state index is 13.3. The van der Waals surface area contributed by atoms with Crippen molar-refractivity contribution < 1.29 is 13.9 Å². The third-order valence-corrected chi connectivity index (χ3v) is 2.47. The maximum absolute atomic E-state index is 13.3. The van der Waals surface area contributed by atoms with Crippen molar-refractivity contribution in [1.29, 1.82) is 0 Å². The molecule has 100 valence electrons. The molecule has 0 aromatic heterocycles. The van der Waals surface area contributed by atoms with Crippen molar-refractivity contribution in [3.63, 3.8) is 0 Å². The molecule has 0 aliphatic rings. The molecule has 1 amide bonds. The molecule has 0 radical (unpaired) electrons. The minimum absolute atomic E-state index is 0.0647. The summed E-state index contributed by atoms with van der Waals surface area (Å²) in [5.41, 5.74) is 0.411. The highest BCUT2D eigenvalue weighted by Gasteiger charge is 2.06. The lowest BCUT2D eigenvalue weighted by molar-refractivity contribution is -0.120. The van der Waals surface area contributed by atoms with Gasteiger partial charge in [0.05, 0.1) is 13.0 Å². The van der Waals surface area contributed by atoms with Crippen LogP contribution in [0.15, 0.2) is 24.3 Å². The number of halogens is 2. The SMILES string of the molecule is O=C(Cc1ccccc1F)NCCCOCCCl. The van der Waals surface area contributed by atoms with Crippen molar-refractivity contribution >= 4 is 17.5 Å². The predicted molar refractivity (Wildman–Crippen MR) is 69.3 cm³/mol. The van der Waals surface area contributed by atoms with Crippen LogP contribution in [0.25, 0.3) is 0 Å². The second-order valence-corrected chi connectivity index (χ2v) is 4.15. The Morgan fingerprint density at radius 3 is 2.83 bits per heavy atom. The number of rotatable bonds is 8. The summed E-state index contributed by atoms with van der Waals surface area (Å²) >= 11 is 5.44. The number of amides is 1. The summed E-state index contributed by atoms with van der Waals surface area (Å²) < 4.78 is 18.4. The second kappa shape index (κ2) is 8.89. The van der Waals surface area contributed by atoms with Crippen LogP contribution in [0.4, 0.5) is 4.39 Å². The quantitative estimate of drug-likeness (QED) is 0.582. The number of alkyl halides is 1. The van der Waals surface area contributed by atoms with E-state index < -0.39 is 0 Å². The van der Waals surface area contributed by atoms with Gasteiger partial charge < -0.3 is 10.1 Å². The minimum atomic E-state index is -0.349. The molecule has 0 saturated carbocycles. The summed E-state index contributed by atoms with van der Waals surface area (Å²) in [5, 5.41) is 2.72. The molecule has 0 fully saturated rings. The molecule has 0 saturated heterocycles. The highest BCUT2D eigenvalue weighted by Crippen LogP contribution is 2.06. The lowest BCUT2D eigenvalue weighted by Crippen LogP contribution is -2.27.